The van der Waals surface area contributed by atoms with Crippen LogP contribution in [-0.2, 0) is 12.8 Å². The molecule has 5 nitrogen and oxygen atoms in total. The molecule has 5 heteroatoms. The molecule has 1 atom stereocenters. The quantitative estimate of drug-likeness (QED) is 0.784. The monoisotopic (exact) mass is 334 g/mol. The highest BCUT2D eigenvalue weighted by atomic mass is 16.1. The minimum absolute atomic E-state index is 0.0677. The number of carbonyl (C=O) groups excluding carboxylic acids is 1. The number of hydrogen-bond donors (Lipinski definition) is 1. The Morgan fingerprint density at radius 2 is 1.92 bits per heavy atom. The van der Waals surface area contributed by atoms with Crippen molar-refractivity contribution in [2.24, 2.45) is 0 Å². The Bertz CT molecular complexity index is 975. The molecular formula is C20H22N4O. The molecule has 0 saturated carbocycles. The molecule has 0 saturated heterocycles. The molecule has 1 aliphatic rings. The van der Waals surface area contributed by atoms with E-state index in [0.29, 0.717) is 17.0 Å². The summed E-state index contributed by atoms with van der Waals surface area (Å²) in [5.41, 5.74) is 3.75. The lowest BCUT2D eigenvalue weighted by Gasteiger charge is -2.35. The van der Waals surface area contributed by atoms with Crippen molar-refractivity contribution in [3.63, 3.8) is 0 Å². The Balaban J connectivity index is 1.63. The summed E-state index contributed by atoms with van der Waals surface area (Å²) in [5.74, 6) is 1.44. The van der Waals surface area contributed by atoms with Gasteiger partial charge in [-0.3, -0.25) is 9.20 Å². The Morgan fingerprint density at radius 1 is 1.16 bits per heavy atom. The number of fused-ring (bicyclic) bond motifs is 2. The zero-order valence-electron chi connectivity index (χ0n) is 14.8. The number of aromatic nitrogens is 3. The third-order valence-electron chi connectivity index (χ3n) is 5.10. The largest absolute Gasteiger partial charge is 0.346 e. The molecule has 3 aromatic rings. The molecule has 2 heterocycles. The second-order valence-electron chi connectivity index (χ2n) is 7.20. The predicted octanol–water partition coefficient (Wildman–Crippen LogP) is 3.02. The van der Waals surface area contributed by atoms with Crippen LogP contribution in [0.15, 0.2) is 36.5 Å². The van der Waals surface area contributed by atoms with Gasteiger partial charge in [0.1, 0.15) is 11.6 Å². The molecule has 1 amide bonds. The van der Waals surface area contributed by atoms with Gasteiger partial charge in [0.05, 0.1) is 5.56 Å². The first-order valence-electron chi connectivity index (χ1n) is 8.67. The first kappa shape index (κ1) is 15.8. The second-order valence-corrected chi connectivity index (χ2v) is 7.20. The maximum Gasteiger partial charge on any atom is 0.255 e. The van der Waals surface area contributed by atoms with E-state index in [-0.39, 0.29) is 11.4 Å². The highest BCUT2D eigenvalue weighted by Crippen LogP contribution is 2.29. The topological polar surface area (TPSA) is 59.3 Å². The lowest BCUT2D eigenvalue weighted by Crippen LogP contribution is -2.49. The number of nitrogens with one attached hydrogen (secondary N) is 1. The zero-order valence-corrected chi connectivity index (χ0v) is 14.8. The van der Waals surface area contributed by atoms with Crippen molar-refractivity contribution in [2.75, 3.05) is 0 Å². The molecule has 0 radical (unpaired) electrons. The average Bonchev–Trinajstić information content (AvgIpc) is 2.98. The summed E-state index contributed by atoms with van der Waals surface area (Å²) in [6, 6.07) is 10.3. The van der Waals surface area contributed by atoms with Crippen LogP contribution in [0.4, 0.5) is 0 Å². The fraction of sp³-hybridized carbons (Fsp3) is 0.350. The molecule has 1 aliphatic carbocycles. The van der Waals surface area contributed by atoms with Crippen molar-refractivity contribution in [3.8, 4) is 0 Å². The van der Waals surface area contributed by atoms with Crippen LogP contribution in [0, 0.1) is 13.8 Å². The fourth-order valence-electron chi connectivity index (χ4n) is 3.78. The third-order valence-corrected chi connectivity index (χ3v) is 5.10. The van der Waals surface area contributed by atoms with Crippen molar-refractivity contribution in [3.05, 3.63) is 64.9 Å². The minimum Gasteiger partial charge on any atom is -0.346 e. The van der Waals surface area contributed by atoms with E-state index in [1.165, 1.54) is 11.1 Å². The van der Waals surface area contributed by atoms with Crippen LogP contribution in [0.3, 0.4) is 0 Å². The first-order valence-corrected chi connectivity index (χ1v) is 8.67. The normalized spacial score (nSPS) is 19.6. The van der Waals surface area contributed by atoms with E-state index in [1.807, 2.05) is 30.5 Å². The van der Waals surface area contributed by atoms with Crippen LogP contribution in [0.1, 0.15) is 46.5 Å². The van der Waals surface area contributed by atoms with E-state index in [0.717, 1.165) is 25.1 Å². The van der Waals surface area contributed by atoms with Gasteiger partial charge >= 0.3 is 0 Å². The maximum atomic E-state index is 12.9. The van der Waals surface area contributed by atoms with Gasteiger partial charge in [-0.15, -0.1) is 0 Å². The van der Waals surface area contributed by atoms with Gasteiger partial charge in [-0.05, 0) is 57.2 Å². The lowest BCUT2D eigenvalue weighted by molar-refractivity contribution is 0.0899. The Morgan fingerprint density at radius 3 is 2.72 bits per heavy atom. The van der Waals surface area contributed by atoms with Crippen LogP contribution in [0.25, 0.3) is 5.65 Å². The molecule has 0 bridgehead atoms. The smallest absolute Gasteiger partial charge is 0.255 e. The molecule has 128 valence electrons. The molecule has 0 spiro atoms. The van der Waals surface area contributed by atoms with Gasteiger partial charge in [0.2, 0.25) is 0 Å². The standard InChI is InChI=1S/C20H22N4O/c1-13-21-14(2)24-11-9-17(18(24)22-13)19(25)23-20(3)10-8-15-6-4-5-7-16(15)12-20/h4-7,9,11H,8,10,12H2,1-3H3,(H,23,25). The van der Waals surface area contributed by atoms with E-state index < -0.39 is 0 Å². The molecule has 25 heavy (non-hydrogen) atoms. The molecule has 2 aromatic heterocycles. The van der Waals surface area contributed by atoms with Crippen LogP contribution in [0.5, 0.6) is 0 Å². The van der Waals surface area contributed by atoms with E-state index >= 15 is 0 Å². The van der Waals surface area contributed by atoms with Crippen LogP contribution >= 0.6 is 0 Å². The van der Waals surface area contributed by atoms with Crippen molar-refractivity contribution in [1.29, 1.82) is 0 Å². The number of benzene rings is 1. The Hall–Kier alpha value is -2.69. The van der Waals surface area contributed by atoms with Gasteiger partial charge < -0.3 is 5.32 Å². The third kappa shape index (κ3) is 2.80. The molecule has 1 N–H and O–H groups in total. The highest BCUT2D eigenvalue weighted by molar-refractivity contribution is 6.00. The molecule has 4 rings (SSSR count). The summed E-state index contributed by atoms with van der Waals surface area (Å²) in [6.45, 7) is 5.90. The molecule has 0 fully saturated rings. The van der Waals surface area contributed by atoms with Crippen molar-refractivity contribution < 1.29 is 4.79 Å². The van der Waals surface area contributed by atoms with Crippen LogP contribution in [-0.4, -0.2) is 25.8 Å². The van der Waals surface area contributed by atoms with Gasteiger partial charge in [0.25, 0.3) is 5.91 Å². The Labute approximate surface area is 147 Å². The fourth-order valence-corrected chi connectivity index (χ4v) is 3.78. The van der Waals surface area contributed by atoms with Gasteiger partial charge in [0, 0.05) is 11.7 Å². The summed E-state index contributed by atoms with van der Waals surface area (Å²) in [4.78, 5) is 21.8. The highest BCUT2D eigenvalue weighted by Gasteiger charge is 2.32. The maximum absolute atomic E-state index is 12.9. The molecular weight excluding hydrogens is 312 g/mol. The summed E-state index contributed by atoms with van der Waals surface area (Å²) in [5, 5.41) is 3.26. The number of nitrogens with zero attached hydrogens (tertiary/aromatic N) is 3. The summed E-state index contributed by atoms with van der Waals surface area (Å²) < 4.78 is 1.86. The summed E-state index contributed by atoms with van der Waals surface area (Å²) in [7, 11) is 0. The number of carbonyl (C=O) groups is 1. The molecule has 1 aromatic carbocycles. The lowest BCUT2D eigenvalue weighted by atomic mass is 9.79. The zero-order chi connectivity index (χ0) is 17.6. The SMILES string of the molecule is Cc1nc(C)n2ccc(C(=O)NC3(C)CCc4ccccc4C3)c2n1. The Kier molecular flexibility index (Phi) is 3.60. The second kappa shape index (κ2) is 5.69. The van der Waals surface area contributed by atoms with Crippen molar-refractivity contribution in [2.45, 2.75) is 45.6 Å². The summed E-state index contributed by atoms with van der Waals surface area (Å²) >= 11 is 0. The summed E-state index contributed by atoms with van der Waals surface area (Å²) in [6.07, 6.45) is 4.64. The van der Waals surface area contributed by atoms with E-state index in [9.17, 15) is 4.79 Å². The van der Waals surface area contributed by atoms with Gasteiger partial charge in [-0.1, -0.05) is 24.3 Å². The van der Waals surface area contributed by atoms with Gasteiger partial charge in [-0.25, -0.2) is 9.97 Å². The number of hydrogen-bond acceptors (Lipinski definition) is 3. The first-order chi connectivity index (χ1) is 12.0. The number of aryl methyl sites for hydroxylation is 3. The number of rotatable bonds is 2. The average molecular weight is 334 g/mol. The van der Waals surface area contributed by atoms with Crippen LogP contribution < -0.4 is 5.32 Å². The van der Waals surface area contributed by atoms with Gasteiger partial charge in [0.15, 0.2) is 5.65 Å². The van der Waals surface area contributed by atoms with Gasteiger partial charge in [-0.2, -0.15) is 0 Å². The molecule has 1 unspecified atom stereocenters. The predicted molar refractivity (Wildman–Crippen MR) is 96.8 cm³/mol. The minimum atomic E-state index is -0.239. The van der Waals surface area contributed by atoms with Crippen molar-refractivity contribution in [1.82, 2.24) is 19.7 Å². The van der Waals surface area contributed by atoms with E-state index in [1.54, 1.807) is 0 Å². The van der Waals surface area contributed by atoms with Crippen molar-refractivity contribution >= 4 is 11.6 Å². The number of amides is 1. The van der Waals surface area contributed by atoms with Crippen LogP contribution in [0.2, 0.25) is 0 Å². The molecule has 0 aliphatic heterocycles. The van der Waals surface area contributed by atoms with E-state index in [2.05, 4.69) is 46.5 Å². The van der Waals surface area contributed by atoms with E-state index in [4.69, 9.17) is 0 Å².